The first-order valence-electron chi connectivity index (χ1n) is 7.00. The number of sulfonamides is 1. The van der Waals surface area contributed by atoms with Crippen LogP contribution in [0.4, 0.5) is 0 Å². The molecule has 0 aromatic rings. The molecule has 0 aromatic heterocycles. The molecule has 0 bridgehead atoms. The van der Waals surface area contributed by atoms with E-state index in [2.05, 4.69) is 15.4 Å². The Labute approximate surface area is 110 Å². The van der Waals surface area contributed by atoms with Crippen molar-refractivity contribution in [3.05, 3.63) is 0 Å². The Kier molecular flexibility index (Phi) is 5.00. The molecule has 2 fully saturated rings. The molecule has 0 radical (unpaired) electrons. The quantitative estimate of drug-likeness (QED) is 0.640. The van der Waals surface area contributed by atoms with E-state index in [9.17, 15) is 8.42 Å². The molecule has 1 aliphatic heterocycles. The van der Waals surface area contributed by atoms with Crippen LogP contribution in [0, 0.1) is 5.92 Å². The minimum Gasteiger partial charge on any atom is -0.314 e. The number of rotatable bonds is 6. The molecule has 3 atom stereocenters. The molecule has 3 N–H and O–H groups in total. The maximum absolute atomic E-state index is 11.3. The summed E-state index contributed by atoms with van der Waals surface area (Å²) in [5.74, 6) is 0.856. The molecule has 6 heteroatoms. The van der Waals surface area contributed by atoms with Gasteiger partial charge in [0.1, 0.15) is 0 Å². The van der Waals surface area contributed by atoms with Crippen molar-refractivity contribution in [1.29, 1.82) is 0 Å². The van der Waals surface area contributed by atoms with Crippen LogP contribution in [-0.2, 0) is 10.0 Å². The van der Waals surface area contributed by atoms with Crippen molar-refractivity contribution < 1.29 is 8.42 Å². The van der Waals surface area contributed by atoms with Crippen molar-refractivity contribution in [2.45, 2.75) is 44.2 Å². The molecule has 106 valence electrons. The number of hydrogen-bond donors (Lipinski definition) is 3. The molecule has 2 aliphatic rings. The molecule has 1 saturated carbocycles. The van der Waals surface area contributed by atoms with Crippen LogP contribution in [0.2, 0.25) is 0 Å². The normalized spacial score (nSPS) is 33.1. The first-order valence-corrected chi connectivity index (χ1v) is 8.65. The standard InChI is InChI=1S/C12H25N3O2S/c1-13-18(16,17)9-8-15-11-5-2-4-10(11)12-6-3-7-14-12/h10-15H,2-9H2,1H3. The van der Waals surface area contributed by atoms with Crippen molar-refractivity contribution in [3.63, 3.8) is 0 Å². The minimum absolute atomic E-state index is 0.171. The van der Waals surface area contributed by atoms with Gasteiger partial charge in [-0.25, -0.2) is 13.1 Å². The smallest absolute Gasteiger partial charge is 0.212 e. The van der Waals surface area contributed by atoms with Gasteiger partial charge in [-0.15, -0.1) is 0 Å². The topological polar surface area (TPSA) is 70.2 Å². The van der Waals surface area contributed by atoms with Gasteiger partial charge in [0.15, 0.2) is 0 Å². The van der Waals surface area contributed by atoms with Gasteiger partial charge in [-0.1, -0.05) is 6.42 Å². The van der Waals surface area contributed by atoms with E-state index in [1.165, 1.54) is 39.2 Å². The fourth-order valence-corrected chi connectivity index (χ4v) is 3.87. The van der Waals surface area contributed by atoms with Crippen molar-refractivity contribution in [1.82, 2.24) is 15.4 Å². The zero-order valence-corrected chi connectivity index (χ0v) is 11.9. The van der Waals surface area contributed by atoms with Gasteiger partial charge >= 0.3 is 0 Å². The summed E-state index contributed by atoms with van der Waals surface area (Å²) in [6, 6.07) is 1.14. The Morgan fingerprint density at radius 2 is 2.06 bits per heavy atom. The fourth-order valence-electron chi connectivity index (χ4n) is 3.28. The van der Waals surface area contributed by atoms with Gasteiger partial charge < -0.3 is 10.6 Å². The van der Waals surface area contributed by atoms with Crippen LogP contribution >= 0.6 is 0 Å². The predicted molar refractivity (Wildman–Crippen MR) is 73.0 cm³/mol. The summed E-state index contributed by atoms with van der Waals surface area (Å²) in [6.07, 6.45) is 6.27. The second-order valence-corrected chi connectivity index (χ2v) is 7.43. The zero-order chi connectivity index (χ0) is 13.0. The molecule has 1 heterocycles. The summed E-state index contributed by atoms with van der Waals surface area (Å²) in [6.45, 7) is 1.69. The highest BCUT2D eigenvalue weighted by molar-refractivity contribution is 7.89. The average Bonchev–Trinajstić information content (AvgIpc) is 2.98. The third-order valence-corrected chi connectivity index (χ3v) is 5.64. The van der Waals surface area contributed by atoms with E-state index in [0.717, 1.165) is 6.54 Å². The lowest BCUT2D eigenvalue weighted by Crippen LogP contribution is -2.44. The second-order valence-electron chi connectivity index (χ2n) is 5.38. The lowest BCUT2D eigenvalue weighted by Gasteiger charge is -2.26. The van der Waals surface area contributed by atoms with E-state index < -0.39 is 10.0 Å². The van der Waals surface area contributed by atoms with E-state index in [1.807, 2.05) is 0 Å². The molecule has 0 amide bonds. The minimum atomic E-state index is -3.08. The Hall–Kier alpha value is -0.170. The molecular weight excluding hydrogens is 250 g/mol. The molecule has 0 aromatic carbocycles. The third-order valence-electron chi connectivity index (χ3n) is 4.27. The van der Waals surface area contributed by atoms with Crippen LogP contribution in [0.15, 0.2) is 0 Å². The lowest BCUT2D eigenvalue weighted by molar-refractivity contribution is 0.325. The van der Waals surface area contributed by atoms with Crippen LogP contribution < -0.4 is 15.4 Å². The van der Waals surface area contributed by atoms with E-state index in [4.69, 9.17) is 0 Å². The fraction of sp³-hybridized carbons (Fsp3) is 1.00. The third kappa shape index (κ3) is 3.66. The first kappa shape index (κ1) is 14.2. The zero-order valence-electron chi connectivity index (χ0n) is 11.1. The Balaban J connectivity index is 1.77. The van der Waals surface area contributed by atoms with Crippen LogP contribution in [0.5, 0.6) is 0 Å². The van der Waals surface area contributed by atoms with Crippen LogP contribution in [0.1, 0.15) is 32.1 Å². The number of hydrogen-bond acceptors (Lipinski definition) is 4. The van der Waals surface area contributed by atoms with Crippen LogP contribution in [-0.4, -0.2) is 46.4 Å². The Morgan fingerprint density at radius 1 is 1.22 bits per heavy atom. The van der Waals surface area contributed by atoms with Gasteiger partial charge in [0.2, 0.25) is 10.0 Å². The highest BCUT2D eigenvalue weighted by Gasteiger charge is 2.34. The molecular formula is C12H25N3O2S. The SMILES string of the molecule is CNS(=O)(=O)CCNC1CCCC1C1CCCN1. The average molecular weight is 275 g/mol. The van der Waals surface area contributed by atoms with Gasteiger partial charge in [0, 0.05) is 18.6 Å². The van der Waals surface area contributed by atoms with Crippen molar-refractivity contribution in [2.75, 3.05) is 25.9 Å². The van der Waals surface area contributed by atoms with E-state index in [-0.39, 0.29) is 5.75 Å². The summed E-state index contributed by atoms with van der Waals surface area (Å²) in [4.78, 5) is 0. The summed E-state index contributed by atoms with van der Waals surface area (Å²) in [5, 5.41) is 7.02. The van der Waals surface area contributed by atoms with Gasteiger partial charge in [0.05, 0.1) is 5.75 Å². The summed E-state index contributed by atoms with van der Waals surface area (Å²) in [5.41, 5.74) is 0. The van der Waals surface area contributed by atoms with Crippen molar-refractivity contribution >= 4 is 10.0 Å². The van der Waals surface area contributed by atoms with Gasteiger partial charge in [0.25, 0.3) is 0 Å². The second kappa shape index (κ2) is 6.32. The summed E-state index contributed by atoms with van der Waals surface area (Å²) >= 11 is 0. The molecule has 2 rings (SSSR count). The monoisotopic (exact) mass is 275 g/mol. The molecule has 18 heavy (non-hydrogen) atoms. The van der Waals surface area contributed by atoms with Crippen molar-refractivity contribution in [2.24, 2.45) is 5.92 Å². The molecule has 3 unspecified atom stereocenters. The van der Waals surface area contributed by atoms with Gasteiger partial charge in [-0.3, -0.25) is 0 Å². The molecule has 0 spiro atoms. The summed E-state index contributed by atoms with van der Waals surface area (Å²) < 4.78 is 25.0. The van der Waals surface area contributed by atoms with Gasteiger partial charge in [-0.05, 0) is 45.2 Å². The Morgan fingerprint density at radius 3 is 2.72 bits per heavy atom. The van der Waals surface area contributed by atoms with Crippen molar-refractivity contribution in [3.8, 4) is 0 Å². The highest BCUT2D eigenvalue weighted by Crippen LogP contribution is 2.31. The highest BCUT2D eigenvalue weighted by atomic mass is 32.2. The van der Waals surface area contributed by atoms with E-state index >= 15 is 0 Å². The molecule has 1 saturated heterocycles. The molecule has 1 aliphatic carbocycles. The summed E-state index contributed by atoms with van der Waals surface area (Å²) in [7, 11) is -1.61. The van der Waals surface area contributed by atoms with Crippen LogP contribution in [0.3, 0.4) is 0 Å². The first-order chi connectivity index (χ1) is 8.62. The maximum Gasteiger partial charge on any atom is 0.212 e. The van der Waals surface area contributed by atoms with Gasteiger partial charge in [-0.2, -0.15) is 0 Å². The van der Waals surface area contributed by atoms with E-state index in [1.54, 1.807) is 0 Å². The Bertz CT molecular complexity index is 352. The largest absolute Gasteiger partial charge is 0.314 e. The predicted octanol–water partition coefficient (Wildman–Crippen LogP) is 0.0459. The maximum atomic E-state index is 11.3. The molecule has 5 nitrogen and oxygen atoms in total. The van der Waals surface area contributed by atoms with E-state index in [0.29, 0.717) is 24.5 Å². The lowest BCUT2D eigenvalue weighted by atomic mass is 9.93. The number of nitrogens with one attached hydrogen (secondary N) is 3. The van der Waals surface area contributed by atoms with Crippen LogP contribution in [0.25, 0.3) is 0 Å².